The molecular formula is C12H18BrFN2O3S. The highest BCUT2D eigenvalue weighted by Gasteiger charge is 2.19. The van der Waals surface area contributed by atoms with Crippen molar-refractivity contribution in [1.82, 2.24) is 4.72 Å². The molecule has 1 aromatic carbocycles. The maximum absolute atomic E-state index is 13.2. The van der Waals surface area contributed by atoms with Gasteiger partial charge in [0.2, 0.25) is 10.0 Å². The Balaban J connectivity index is 2.63. The number of nitrogen functional groups attached to an aromatic ring is 1. The highest BCUT2D eigenvalue weighted by atomic mass is 79.9. The van der Waals surface area contributed by atoms with Crippen LogP contribution in [0.5, 0.6) is 0 Å². The van der Waals surface area contributed by atoms with Gasteiger partial charge in [0.1, 0.15) is 5.82 Å². The minimum Gasteiger partial charge on any atom is -0.396 e. The van der Waals surface area contributed by atoms with Crippen molar-refractivity contribution < 1.29 is 17.5 Å². The lowest BCUT2D eigenvalue weighted by Gasteiger charge is -2.10. The van der Waals surface area contributed by atoms with E-state index in [9.17, 15) is 12.8 Å². The Kier molecular flexibility index (Phi) is 6.87. The lowest BCUT2D eigenvalue weighted by Crippen LogP contribution is -2.26. The van der Waals surface area contributed by atoms with Crippen LogP contribution < -0.4 is 10.5 Å². The van der Waals surface area contributed by atoms with Gasteiger partial charge in [0.05, 0.1) is 10.6 Å². The molecule has 0 saturated heterocycles. The van der Waals surface area contributed by atoms with Gasteiger partial charge in [-0.2, -0.15) is 0 Å². The Bertz CT molecular complexity index is 552. The lowest BCUT2D eigenvalue weighted by atomic mass is 10.3. The van der Waals surface area contributed by atoms with Crippen LogP contribution in [0.3, 0.4) is 0 Å². The van der Waals surface area contributed by atoms with Crippen LogP contribution >= 0.6 is 15.9 Å². The highest BCUT2D eigenvalue weighted by molar-refractivity contribution is 9.10. The minimum atomic E-state index is -3.72. The summed E-state index contributed by atoms with van der Waals surface area (Å²) in [4.78, 5) is -0.0779. The molecular weight excluding hydrogens is 351 g/mol. The van der Waals surface area contributed by atoms with Gasteiger partial charge in [0.25, 0.3) is 0 Å². The maximum atomic E-state index is 13.2. The maximum Gasteiger partial charge on any atom is 0.241 e. The third-order valence-corrected chi connectivity index (χ3v) is 4.87. The van der Waals surface area contributed by atoms with Gasteiger partial charge in [-0.25, -0.2) is 17.5 Å². The van der Waals surface area contributed by atoms with Crippen molar-refractivity contribution in [3.8, 4) is 0 Å². The van der Waals surface area contributed by atoms with Gasteiger partial charge in [0.15, 0.2) is 0 Å². The van der Waals surface area contributed by atoms with E-state index in [4.69, 9.17) is 10.5 Å². The number of anilines is 1. The molecule has 0 atom stereocenters. The molecule has 0 saturated carbocycles. The molecule has 0 aliphatic rings. The molecule has 0 aromatic heterocycles. The van der Waals surface area contributed by atoms with Crippen LogP contribution in [-0.4, -0.2) is 28.2 Å². The average Bonchev–Trinajstić information content (AvgIpc) is 2.37. The van der Waals surface area contributed by atoms with Crippen LogP contribution in [0.15, 0.2) is 21.5 Å². The first-order chi connectivity index (χ1) is 9.38. The number of sulfonamides is 1. The quantitative estimate of drug-likeness (QED) is 0.544. The number of nitrogens with two attached hydrogens (primary N) is 1. The largest absolute Gasteiger partial charge is 0.396 e. The summed E-state index contributed by atoms with van der Waals surface area (Å²) in [7, 11) is -3.72. The summed E-state index contributed by atoms with van der Waals surface area (Å²) in [5.41, 5.74) is 5.18. The first-order valence-electron chi connectivity index (χ1n) is 6.20. The normalized spacial score (nSPS) is 11.8. The Labute approximate surface area is 126 Å². The topological polar surface area (TPSA) is 81.4 Å². The fourth-order valence-electron chi connectivity index (χ4n) is 1.46. The number of hydrogen-bond acceptors (Lipinski definition) is 4. The molecule has 114 valence electrons. The van der Waals surface area contributed by atoms with Gasteiger partial charge in [-0.3, -0.25) is 0 Å². The van der Waals surface area contributed by atoms with Gasteiger partial charge < -0.3 is 10.5 Å². The summed E-state index contributed by atoms with van der Waals surface area (Å²) in [5.74, 6) is -0.663. The van der Waals surface area contributed by atoms with Crippen molar-refractivity contribution in [2.24, 2.45) is 0 Å². The molecule has 1 aromatic rings. The predicted molar refractivity (Wildman–Crippen MR) is 79.4 cm³/mol. The van der Waals surface area contributed by atoms with Crippen LogP contribution in [0.25, 0.3) is 0 Å². The highest BCUT2D eigenvalue weighted by Crippen LogP contribution is 2.26. The summed E-state index contributed by atoms with van der Waals surface area (Å²) in [6.07, 6.45) is 1.49. The third kappa shape index (κ3) is 5.01. The molecule has 1 rings (SSSR count). The molecule has 3 N–H and O–H groups in total. The van der Waals surface area contributed by atoms with Gasteiger partial charge in [0, 0.05) is 24.2 Å². The number of hydrogen-bond donors (Lipinski definition) is 2. The van der Waals surface area contributed by atoms with E-state index in [2.05, 4.69) is 20.7 Å². The van der Waals surface area contributed by atoms with Crippen molar-refractivity contribution in [2.75, 3.05) is 25.5 Å². The van der Waals surface area contributed by atoms with Crippen molar-refractivity contribution in [3.05, 3.63) is 22.4 Å². The van der Waals surface area contributed by atoms with Crippen LogP contribution in [0.2, 0.25) is 0 Å². The Hall–Kier alpha value is -0.700. The van der Waals surface area contributed by atoms with Gasteiger partial charge in [-0.15, -0.1) is 0 Å². The predicted octanol–water partition coefficient (Wildman–Crippen LogP) is 2.27. The molecule has 0 heterocycles. The second-order valence-corrected chi connectivity index (χ2v) is 6.76. The molecule has 5 nitrogen and oxygen atoms in total. The fraction of sp³-hybridized carbons (Fsp3) is 0.500. The van der Waals surface area contributed by atoms with Crippen LogP contribution in [-0.2, 0) is 14.8 Å². The van der Waals surface area contributed by atoms with Crippen LogP contribution in [0.4, 0.5) is 10.1 Å². The first-order valence-corrected chi connectivity index (χ1v) is 8.48. The fourth-order valence-corrected chi connectivity index (χ4v) is 3.58. The van der Waals surface area contributed by atoms with E-state index in [0.717, 1.165) is 18.6 Å². The standard InChI is InChI=1S/C12H18BrFN2O3S/c1-2-5-19-6-3-4-16-20(17,18)12-8-11(15)10(14)7-9(12)13/h7-8,16H,2-6,15H2,1H3. The molecule has 0 radical (unpaired) electrons. The van der Waals surface area contributed by atoms with E-state index < -0.39 is 15.8 Å². The summed E-state index contributed by atoms with van der Waals surface area (Å²) in [5, 5.41) is 0. The number of rotatable bonds is 8. The molecule has 0 aliphatic heterocycles. The van der Waals surface area contributed by atoms with E-state index in [-0.39, 0.29) is 21.6 Å². The second kappa shape index (κ2) is 7.92. The zero-order chi connectivity index (χ0) is 15.2. The molecule has 0 spiro atoms. The smallest absolute Gasteiger partial charge is 0.241 e. The number of benzene rings is 1. The zero-order valence-corrected chi connectivity index (χ0v) is 13.6. The Morgan fingerprint density at radius 1 is 1.40 bits per heavy atom. The number of nitrogens with one attached hydrogen (secondary N) is 1. The zero-order valence-electron chi connectivity index (χ0n) is 11.2. The van der Waals surface area contributed by atoms with Crippen molar-refractivity contribution in [1.29, 1.82) is 0 Å². The van der Waals surface area contributed by atoms with Crippen molar-refractivity contribution in [3.63, 3.8) is 0 Å². The minimum absolute atomic E-state index is 0.0779. The molecule has 0 aliphatic carbocycles. The molecule has 20 heavy (non-hydrogen) atoms. The Morgan fingerprint density at radius 2 is 2.10 bits per heavy atom. The van der Waals surface area contributed by atoms with Crippen molar-refractivity contribution >= 4 is 31.6 Å². The van der Waals surface area contributed by atoms with E-state index in [0.29, 0.717) is 19.6 Å². The second-order valence-electron chi connectivity index (χ2n) is 4.17. The molecule has 8 heteroatoms. The average molecular weight is 369 g/mol. The van der Waals surface area contributed by atoms with E-state index in [1.54, 1.807) is 0 Å². The monoisotopic (exact) mass is 368 g/mol. The van der Waals surface area contributed by atoms with E-state index in [1.165, 1.54) is 0 Å². The van der Waals surface area contributed by atoms with Gasteiger partial charge in [-0.1, -0.05) is 6.92 Å². The van der Waals surface area contributed by atoms with Gasteiger partial charge >= 0.3 is 0 Å². The summed E-state index contributed by atoms with van der Waals surface area (Å²) < 4.78 is 45.1. The van der Waals surface area contributed by atoms with Crippen LogP contribution in [0, 0.1) is 5.82 Å². The third-order valence-electron chi connectivity index (χ3n) is 2.45. The van der Waals surface area contributed by atoms with E-state index >= 15 is 0 Å². The number of halogens is 2. The molecule has 0 amide bonds. The summed E-state index contributed by atoms with van der Waals surface area (Å²) in [6, 6.07) is 2.13. The van der Waals surface area contributed by atoms with Crippen molar-refractivity contribution in [2.45, 2.75) is 24.7 Å². The first kappa shape index (κ1) is 17.4. The molecule has 0 unspecified atom stereocenters. The molecule has 0 fully saturated rings. The summed E-state index contributed by atoms with van der Waals surface area (Å²) in [6.45, 7) is 3.39. The summed E-state index contributed by atoms with van der Waals surface area (Å²) >= 11 is 3.02. The van der Waals surface area contributed by atoms with Gasteiger partial charge in [-0.05, 0) is 40.9 Å². The Morgan fingerprint density at radius 3 is 2.75 bits per heavy atom. The van der Waals surface area contributed by atoms with Crippen LogP contribution in [0.1, 0.15) is 19.8 Å². The number of ether oxygens (including phenoxy) is 1. The SMILES string of the molecule is CCCOCCCNS(=O)(=O)c1cc(N)c(F)cc1Br. The lowest BCUT2D eigenvalue weighted by molar-refractivity contribution is 0.133. The molecule has 0 bridgehead atoms. The van der Waals surface area contributed by atoms with E-state index in [1.807, 2.05) is 6.92 Å².